The van der Waals surface area contributed by atoms with E-state index in [2.05, 4.69) is 5.32 Å². The highest BCUT2D eigenvalue weighted by Crippen LogP contribution is 2.34. The summed E-state index contributed by atoms with van der Waals surface area (Å²) >= 11 is 1.10. The molecule has 0 unspecified atom stereocenters. The van der Waals surface area contributed by atoms with Crippen molar-refractivity contribution in [3.05, 3.63) is 51.9 Å². The minimum absolute atomic E-state index is 0.164. The Bertz CT molecular complexity index is 810. The summed E-state index contributed by atoms with van der Waals surface area (Å²) < 4.78 is 4.84. The number of ether oxygens (including phenoxy) is 1. The van der Waals surface area contributed by atoms with Crippen molar-refractivity contribution in [1.29, 1.82) is 0 Å². The van der Waals surface area contributed by atoms with E-state index >= 15 is 0 Å². The van der Waals surface area contributed by atoms with Gasteiger partial charge in [-0.1, -0.05) is 18.2 Å². The smallest absolute Gasteiger partial charge is 0.341 e. The number of benzene rings is 1. The summed E-state index contributed by atoms with van der Waals surface area (Å²) in [6.07, 6.45) is 0. The molecule has 2 rings (SSSR count). The van der Waals surface area contributed by atoms with Crippen LogP contribution in [0.5, 0.6) is 0 Å². The van der Waals surface area contributed by atoms with Gasteiger partial charge in [-0.05, 0) is 38.5 Å². The Balaban J connectivity index is 2.44. The van der Waals surface area contributed by atoms with Crippen LogP contribution in [0.3, 0.4) is 0 Å². The number of carbonyl (C=O) groups is 3. The molecule has 2 aromatic rings. The summed E-state index contributed by atoms with van der Waals surface area (Å²) in [6.45, 7) is 6.60. The molecule has 0 saturated heterocycles. The van der Waals surface area contributed by atoms with Crippen molar-refractivity contribution in [2.24, 2.45) is 0 Å². The number of esters is 1. The number of rotatable bonds is 6. The number of nitrogens with one attached hydrogen (secondary N) is 1. The molecular weight excluding hydrogens is 352 g/mol. The molecule has 0 fully saturated rings. The third-order valence-electron chi connectivity index (χ3n) is 4.04. The van der Waals surface area contributed by atoms with E-state index in [1.54, 1.807) is 36.1 Å². The number of nitrogens with zero attached hydrogens (tertiary/aromatic N) is 1. The van der Waals surface area contributed by atoms with Gasteiger partial charge in [0.15, 0.2) is 0 Å². The first kappa shape index (κ1) is 19.7. The first-order valence-corrected chi connectivity index (χ1v) is 9.13. The van der Waals surface area contributed by atoms with Crippen LogP contribution >= 0.6 is 11.3 Å². The number of hydrogen-bond acceptors (Lipinski definition) is 5. The lowest BCUT2D eigenvalue weighted by Gasteiger charge is -2.17. The molecule has 0 bridgehead atoms. The number of carbonyl (C=O) groups excluding carboxylic acids is 3. The van der Waals surface area contributed by atoms with Gasteiger partial charge in [0.05, 0.1) is 17.6 Å². The zero-order chi connectivity index (χ0) is 19.3. The zero-order valence-electron chi connectivity index (χ0n) is 15.3. The van der Waals surface area contributed by atoms with Gasteiger partial charge in [-0.25, -0.2) is 4.79 Å². The molecule has 0 spiro atoms. The molecule has 1 aromatic carbocycles. The van der Waals surface area contributed by atoms with E-state index in [9.17, 15) is 14.4 Å². The van der Waals surface area contributed by atoms with Crippen molar-refractivity contribution in [2.45, 2.75) is 20.8 Å². The van der Waals surface area contributed by atoms with Crippen LogP contribution in [-0.2, 0) is 4.74 Å². The Morgan fingerprint density at radius 3 is 2.27 bits per heavy atom. The molecule has 7 heteroatoms. The molecule has 2 amide bonds. The summed E-state index contributed by atoms with van der Waals surface area (Å²) in [5.41, 5.74) is 1.20. The Kier molecular flexibility index (Phi) is 6.52. The number of anilines is 1. The van der Waals surface area contributed by atoms with E-state index in [0.717, 1.165) is 11.3 Å². The molecule has 0 aliphatic rings. The monoisotopic (exact) mass is 374 g/mol. The fourth-order valence-corrected chi connectivity index (χ4v) is 3.73. The maximum Gasteiger partial charge on any atom is 0.341 e. The quantitative estimate of drug-likeness (QED) is 0.784. The minimum Gasteiger partial charge on any atom is -0.465 e. The SMILES string of the molecule is CCN(CC)C(=O)c1sc(NC(=O)c2ccccc2)c(C(=O)OC)c1C. The van der Waals surface area contributed by atoms with Crippen molar-refractivity contribution in [2.75, 3.05) is 25.5 Å². The predicted octanol–water partition coefficient (Wildman–Crippen LogP) is 3.58. The fourth-order valence-electron chi connectivity index (χ4n) is 2.57. The van der Waals surface area contributed by atoms with Gasteiger partial charge < -0.3 is 15.0 Å². The normalized spacial score (nSPS) is 10.3. The van der Waals surface area contributed by atoms with Crippen LogP contribution < -0.4 is 5.32 Å². The van der Waals surface area contributed by atoms with Crippen LogP contribution in [0.25, 0.3) is 0 Å². The van der Waals surface area contributed by atoms with Gasteiger partial charge in [0.1, 0.15) is 5.00 Å². The third kappa shape index (κ3) is 3.94. The predicted molar refractivity (Wildman–Crippen MR) is 102 cm³/mol. The molecule has 138 valence electrons. The van der Waals surface area contributed by atoms with Crippen molar-refractivity contribution in [3.8, 4) is 0 Å². The summed E-state index contributed by atoms with van der Waals surface area (Å²) in [5.74, 6) is -1.09. The molecule has 0 saturated carbocycles. The van der Waals surface area contributed by atoms with E-state index in [0.29, 0.717) is 34.1 Å². The summed E-state index contributed by atoms with van der Waals surface area (Å²) in [7, 11) is 1.27. The second-order valence-corrected chi connectivity index (χ2v) is 6.57. The maximum atomic E-state index is 12.7. The average Bonchev–Trinajstić information content (AvgIpc) is 2.98. The first-order chi connectivity index (χ1) is 12.4. The van der Waals surface area contributed by atoms with Gasteiger partial charge in [-0.3, -0.25) is 9.59 Å². The lowest BCUT2D eigenvalue weighted by atomic mass is 10.1. The molecule has 26 heavy (non-hydrogen) atoms. The second kappa shape index (κ2) is 8.62. The molecule has 6 nitrogen and oxygen atoms in total. The van der Waals surface area contributed by atoms with Crippen LogP contribution in [0, 0.1) is 6.92 Å². The standard InChI is InChI=1S/C19H22N2O4S/c1-5-21(6-2)18(23)15-12(3)14(19(24)25-4)17(26-15)20-16(22)13-10-8-7-9-11-13/h7-11H,5-6H2,1-4H3,(H,20,22). The number of thiophene rings is 1. The van der Waals surface area contributed by atoms with Gasteiger partial charge in [-0.2, -0.15) is 0 Å². The van der Waals surface area contributed by atoms with E-state index < -0.39 is 5.97 Å². The average molecular weight is 374 g/mol. The number of amides is 2. The number of methoxy groups -OCH3 is 1. The van der Waals surface area contributed by atoms with E-state index in [1.807, 2.05) is 19.9 Å². The minimum atomic E-state index is -0.583. The highest BCUT2D eigenvalue weighted by Gasteiger charge is 2.28. The van der Waals surface area contributed by atoms with Crippen molar-refractivity contribution in [3.63, 3.8) is 0 Å². The molecular formula is C19H22N2O4S. The molecule has 0 radical (unpaired) electrons. The Morgan fingerprint density at radius 2 is 1.73 bits per heavy atom. The molecule has 1 heterocycles. The molecule has 0 aliphatic heterocycles. The summed E-state index contributed by atoms with van der Waals surface area (Å²) in [6, 6.07) is 8.67. The summed E-state index contributed by atoms with van der Waals surface area (Å²) in [4.78, 5) is 39.5. The molecule has 0 atom stereocenters. The van der Waals surface area contributed by atoms with Crippen LogP contribution in [0.2, 0.25) is 0 Å². The van der Waals surface area contributed by atoms with Crippen LogP contribution in [0.1, 0.15) is 49.8 Å². The van der Waals surface area contributed by atoms with Crippen molar-refractivity contribution < 1.29 is 19.1 Å². The van der Waals surface area contributed by atoms with Gasteiger partial charge in [-0.15, -0.1) is 11.3 Å². The molecule has 1 N–H and O–H groups in total. The second-order valence-electron chi connectivity index (χ2n) is 5.55. The highest BCUT2D eigenvalue weighted by molar-refractivity contribution is 7.18. The van der Waals surface area contributed by atoms with Crippen LogP contribution in [0.15, 0.2) is 30.3 Å². The van der Waals surface area contributed by atoms with Gasteiger partial charge >= 0.3 is 5.97 Å². The number of hydrogen-bond donors (Lipinski definition) is 1. The van der Waals surface area contributed by atoms with Gasteiger partial charge in [0.25, 0.3) is 11.8 Å². The fraction of sp³-hybridized carbons (Fsp3) is 0.316. The topological polar surface area (TPSA) is 75.7 Å². The first-order valence-electron chi connectivity index (χ1n) is 8.31. The van der Waals surface area contributed by atoms with Crippen LogP contribution in [0.4, 0.5) is 5.00 Å². The van der Waals surface area contributed by atoms with Crippen molar-refractivity contribution >= 4 is 34.1 Å². The lowest BCUT2D eigenvalue weighted by Crippen LogP contribution is -2.30. The van der Waals surface area contributed by atoms with Gasteiger partial charge in [0.2, 0.25) is 0 Å². The largest absolute Gasteiger partial charge is 0.465 e. The molecule has 0 aliphatic carbocycles. The van der Waals surface area contributed by atoms with E-state index in [-0.39, 0.29) is 17.4 Å². The van der Waals surface area contributed by atoms with E-state index in [1.165, 1.54) is 7.11 Å². The van der Waals surface area contributed by atoms with Gasteiger partial charge in [0, 0.05) is 18.7 Å². The van der Waals surface area contributed by atoms with Crippen molar-refractivity contribution in [1.82, 2.24) is 4.90 Å². The van der Waals surface area contributed by atoms with E-state index in [4.69, 9.17) is 4.74 Å². The Morgan fingerprint density at radius 1 is 1.12 bits per heavy atom. The maximum absolute atomic E-state index is 12.7. The zero-order valence-corrected chi connectivity index (χ0v) is 16.1. The van der Waals surface area contributed by atoms with Crippen LogP contribution in [-0.4, -0.2) is 42.9 Å². The highest BCUT2D eigenvalue weighted by atomic mass is 32.1. The Hall–Kier alpha value is -2.67. The lowest BCUT2D eigenvalue weighted by molar-refractivity contribution is 0.0601. The Labute approximate surface area is 156 Å². The summed E-state index contributed by atoms with van der Waals surface area (Å²) in [5, 5.41) is 3.06. The third-order valence-corrected chi connectivity index (χ3v) is 5.24. The molecule has 1 aromatic heterocycles.